The van der Waals surface area contributed by atoms with Crippen LogP contribution in [0.5, 0.6) is 11.5 Å². The Bertz CT molecular complexity index is 2490. The molecule has 6 aliphatic heterocycles. The molecule has 4 aromatic carbocycles. The van der Waals surface area contributed by atoms with Crippen LogP contribution >= 0.6 is 0 Å². The molecule has 0 saturated carbocycles. The highest BCUT2D eigenvalue weighted by atomic mass is 16.5. The van der Waals surface area contributed by atoms with Gasteiger partial charge in [-0.05, 0) is 110 Å². The van der Waals surface area contributed by atoms with Gasteiger partial charge in [-0.2, -0.15) is 0 Å². The number of piperidine rings is 1. The Morgan fingerprint density at radius 1 is 0.597 bits per heavy atom. The molecular formula is C51H58N8O3. The average Bonchev–Trinajstić information content (AvgIpc) is 4.10. The molecule has 12 rings (SSSR count). The molecule has 6 aliphatic rings. The first-order valence-corrected chi connectivity index (χ1v) is 22.9. The summed E-state index contributed by atoms with van der Waals surface area (Å²) < 4.78 is 22.1. The van der Waals surface area contributed by atoms with Crippen LogP contribution in [0.3, 0.4) is 0 Å². The smallest absolute Gasteiger partial charge is 0.151 e. The summed E-state index contributed by atoms with van der Waals surface area (Å²) >= 11 is 0. The van der Waals surface area contributed by atoms with E-state index in [4.69, 9.17) is 24.2 Å². The van der Waals surface area contributed by atoms with Gasteiger partial charge >= 0.3 is 0 Å². The molecule has 4 fully saturated rings. The van der Waals surface area contributed by atoms with Crippen molar-refractivity contribution in [3.63, 3.8) is 0 Å². The highest BCUT2D eigenvalue weighted by Crippen LogP contribution is 2.37. The van der Waals surface area contributed by atoms with Crippen molar-refractivity contribution in [3.05, 3.63) is 131 Å². The molecule has 0 radical (unpaired) electrons. The van der Waals surface area contributed by atoms with E-state index in [1.807, 2.05) is 0 Å². The molecule has 320 valence electrons. The number of aromatic nitrogens is 4. The van der Waals surface area contributed by atoms with Crippen LogP contribution in [0.2, 0.25) is 0 Å². The van der Waals surface area contributed by atoms with Crippen molar-refractivity contribution < 1.29 is 14.2 Å². The zero-order valence-electron chi connectivity index (χ0n) is 36.0. The summed E-state index contributed by atoms with van der Waals surface area (Å²) in [6.45, 7) is 13.3. The van der Waals surface area contributed by atoms with E-state index in [0.717, 1.165) is 98.4 Å². The first kappa shape index (κ1) is 39.5. The number of hydrogen-bond acceptors (Lipinski definition) is 9. The summed E-state index contributed by atoms with van der Waals surface area (Å²) in [4.78, 5) is 17.0. The monoisotopic (exact) mass is 830 g/mol. The third-order valence-electron chi connectivity index (χ3n) is 13.7. The summed E-state index contributed by atoms with van der Waals surface area (Å²) in [5, 5.41) is 3.45. The van der Waals surface area contributed by atoms with Crippen molar-refractivity contribution >= 4 is 0 Å². The second-order valence-electron chi connectivity index (χ2n) is 18.1. The van der Waals surface area contributed by atoms with E-state index < -0.39 is 0 Å². The van der Waals surface area contributed by atoms with Crippen molar-refractivity contribution in [3.8, 4) is 45.1 Å². The maximum absolute atomic E-state index is 6.11. The van der Waals surface area contributed by atoms with Gasteiger partial charge in [0.05, 0.1) is 36.0 Å². The summed E-state index contributed by atoms with van der Waals surface area (Å²) in [6.07, 6.45) is 9.57. The second kappa shape index (κ2) is 17.5. The maximum atomic E-state index is 6.11. The summed E-state index contributed by atoms with van der Waals surface area (Å²) in [5.74, 6) is 5.16. The third kappa shape index (κ3) is 8.32. The van der Waals surface area contributed by atoms with Crippen LogP contribution in [0.15, 0.2) is 97.3 Å². The molecule has 1 N–H and O–H groups in total. The van der Waals surface area contributed by atoms with Crippen LogP contribution in [-0.4, -0.2) is 106 Å². The average molecular weight is 831 g/mol. The molecule has 2 aromatic heterocycles. The minimum Gasteiger partial charge on any atom is -0.483 e. The standard InChI is InChI=1S/C26H30N4O.C25H28N4O2/c1-28-14-22(15-28)20-7-5-19(6-8-20)21-9-10-24-25(13-21)31-18-26-27-23(17-30(24)26)16-29-11-3-2-4-12-29;1-3-19(21-7-8-26-14-21)4-2-18(1)20-5-6-23-24(13-20)31-17-25-27-22(16-29(23)25)15-28-9-11-30-12-10-28/h5-10,13,17,22H,2-4,11-12,14-16,18H2,1H3;1-6,13,16,21,26H,7-12,14-15,17H2. The van der Waals surface area contributed by atoms with Crippen LogP contribution in [0.1, 0.15) is 71.7 Å². The zero-order chi connectivity index (χ0) is 41.4. The molecule has 62 heavy (non-hydrogen) atoms. The van der Waals surface area contributed by atoms with Gasteiger partial charge in [0.2, 0.25) is 0 Å². The predicted octanol–water partition coefficient (Wildman–Crippen LogP) is 7.79. The minimum atomic E-state index is 0.507. The lowest BCUT2D eigenvalue weighted by Crippen LogP contribution is -2.41. The number of nitrogens with zero attached hydrogens (tertiary/aromatic N) is 7. The lowest BCUT2D eigenvalue weighted by Gasteiger charge is -2.36. The van der Waals surface area contributed by atoms with Crippen molar-refractivity contribution in [2.75, 3.05) is 72.6 Å². The Labute approximate surface area is 365 Å². The summed E-state index contributed by atoms with van der Waals surface area (Å²) in [6, 6.07) is 31.1. The molecule has 6 aromatic rings. The van der Waals surface area contributed by atoms with Crippen LogP contribution in [0, 0.1) is 0 Å². The van der Waals surface area contributed by atoms with Crippen LogP contribution in [-0.2, 0) is 31.0 Å². The predicted molar refractivity (Wildman–Crippen MR) is 242 cm³/mol. The Morgan fingerprint density at radius 3 is 1.63 bits per heavy atom. The molecule has 0 spiro atoms. The van der Waals surface area contributed by atoms with Crippen LogP contribution in [0.4, 0.5) is 0 Å². The van der Waals surface area contributed by atoms with Gasteiger partial charge in [-0.1, -0.05) is 67.1 Å². The number of likely N-dealkylation sites (tertiary alicyclic amines) is 2. The zero-order valence-corrected chi connectivity index (χ0v) is 36.0. The molecule has 0 aliphatic carbocycles. The lowest BCUT2D eigenvalue weighted by molar-refractivity contribution is 0.0337. The van der Waals surface area contributed by atoms with Gasteiger partial charge in [0, 0.05) is 64.1 Å². The van der Waals surface area contributed by atoms with Gasteiger partial charge in [0.15, 0.2) is 11.6 Å². The highest BCUT2D eigenvalue weighted by molar-refractivity contribution is 5.70. The maximum Gasteiger partial charge on any atom is 0.151 e. The van der Waals surface area contributed by atoms with E-state index in [1.165, 1.54) is 85.2 Å². The number of fused-ring (bicyclic) bond motifs is 6. The number of likely N-dealkylation sites (N-methyl/N-ethyl adjacent to an activating group) is 1. The molecule has 4 saturated heterocycles. The number of hydrogen-bond donors (Lipinski definition) is 1. The van der Waals surface area contributed by atoms with Gasteiger partial charge in [-0.15, -0.1) is 0 Å². The van der Waals surface area contributed by atoms with Gasteiger partial charge in [0.25, 0.3) is 0 Å². The fourth-order valence-corrected chi connectivity index (χ4v) is 10.1. The highest BCUT2D eigenvalue weighted by Gasteiger charge is 2.26. The third-order valence-corrected chi connectivity index (χ3v) is 13.7. The molecular weight excluding hydrogens is 773 g/mol. The Kier molecular flexibility index (Phi) is 11.1. The van der Waals surface area contributed by atoms with Gasteiger partial charge in [-0.3, -0.25) is 18.9 Å². The van der Waals surface area contributed by atoms with Crippen molar-refractivity contribution in [2.24, 2.45) is 0 Å². The second-order valence-corrected chi connectivity index (χ2v) is 18.1. The van der Waals surface area contributed by atoms with E-state index in [0.29, 0.717) is 25.0 Å². The molecule has 11 nitrogen and oxygen atoms in total. The largest absolute Gasteiger partial charge is 0.483 e. The summed E-state index contributed by atoms with van der Waals surface area (Å²) in [5.41, 5.74) is 12.1. The quantitative estimate of drug-likeness (QED) is 0.165. The Morgan fingerprint density at radius 2 is 1.11 bits per heavy atom. The molecule has 0 bridgehead atoms. The van der Waals surface area contributed by atoms with Gasteiger partial charge in [0.1, 0.15) is 24.7 Å². The summed E-state index contributed by atoms with van der Waals surface area (Å²) in [7, 11) is 2.18. The number of ether oxygens (including phenoxy) is 3. The number of nitrogens with one attached hydrogen (secondary N) is 1. The van der Waals surface area contributed by atoms with E-state index in [2.05, 4.69) is 134 Å². The van der Waals surface area contributed by atoms with E-state index in [-0.39, 0.29) is 0 Å². The van der Waals surface area contributed by atoms with Crippen molar-refractivity contribution in [1.29, 1.82) is 0 Å². The van der Waals surface area contributed by atoms with Crippen LogP contribution in [0.25, 0.3) is 33.6 Å². The molecule has 1 atom stereocenters. The van der Waals surface area contributed by atoms with Gasteiger partial charge < -0.3 is 24.4 Å². The van der Waals surface area contributed by atoms with Crippen molar-refractivity contribution in [1.82, 2.24) is 39.1 Å². The fraction of sp³-hybridized carbons (Fsp3) is 0.412. The number of imidazole rings is 2. The fourth-order valence-electron chi connectivity index (χ4n) is 10.1. The Balaban J connectivity index is 0.000000139. The minimum absolute atomic E-state index is 0.507. The number of morpholine rings is 1. The SMILES string of the molecule is CN1CC(c2ccc(-c3ccc4c(c3)OCc3nc(CN5CCCCC5)cn3-4)cc2)C1.c1cc(C2CCNC2)ccc1-c1ccc2c(c1)OCc1nc(CN3CCOCC3)cn1-2. The normalized spacial score (nSPS) is 20.1. The topological polar surface area (TPSA) is 85.1 Å². The molecule has 8 heterocycles. The van der Waals surface area contributed by atoms with Gasteiger partial charge in [-0.25, -0.2) is 9.97 Å². The van der Waals surface area contributed by atoms with E-state index >= 15 is 0 Å². The lowest BCUT2D eigenvalue weighted by atomic mass is 9.91. The van der Waals surface area contributed by atoms with Crippen molar-refractivity contribution in [2.45, 2.75) is 63.8 Å². The molecule has 11 heteroatoms. The number of benzene rings is 4. The van der Waals surface area contributed by atoms with E-state index in [1.54, 1.807) is 0 Å². The molecule has 0 amide bonds. The first-order chi connectivity index (χ1) is 30.6. The first-order valence-electron chi connectivity index (χ1n) is 22.9. The van der Waals surface area contributed by atoms with Crippen LogP contribution < -0.4 is 14.8 Å². The Hall–Kier alpha value is -5.30. The molecule has 1 unspecified atom stereocenters. The van der Waals surface area contributed by atoms with E-state index in [9.17, 15) is 0 Å². The number of rotatable bonds is 8.